The Labute approximate surface area is 161 Å². The Morgan fingerprint density at radius 3 is 2.07 bits per heavy atom. The van der Waals surface area contributed by atoms with Gasteiger partial charge in [0, 0.05) is 6.54 Å². The lowest BCUT2D eigenvalue weighted by atomic mass is 9.93. The smallest absolute Gasteiger partial charge is 0.123 e. The second kappa shape index (κ2) is 10.5. The molecule has 0 bridgehead atoms. The van der Waals surface area contributed by atoms with Gasteiger partial charge in [0.1, 0.15) is 24.2 Å². The molecule has 0 amide bonds. The van der Waals surface area contributed by atoms with Gasteiger partial charge in [-0.25, -0.2) is 4.39 Å². The second-order valence-corrected chi connectivity index (χ2v) is 6.23. The van der Waals surface area contributed by atoms with Gasteiger partial charge in [0.15, 0.2) is 0 Å². The monoisotopic (exact) mass is 366 g/mol. The summed E-state index contributed by atoms with van der Waals surface area (Å²) < 4.78 is 19.0. The summed E-state index contributed by atoms with van der Waals surface area (Å²) in [5, 5.41) is 9.65. The van der Waals surface area contributed by atoms with Crippen LogP contribution >= 0.6 is 0 Å². The van der Waals surface area contributed by atoms with Crippen LogP contribution in [0.25, 0.3) is 11.1 Å². The highest BCUT2D eigenvalue weighted by Crippen LogP contribution is 2.29. The molecule has 0 N–H and O–H groups in total. The van der Waals surface area contributed by atoms with Gasteiger partial charge in [-0.05, 0) is 60.5 Å². The van der Waals surface area contributed by atoms with Crippen molar-refractivity contribution >= 4 is 11.1 Å². The number of benzene rings is 2. The lowest BCUT2D eigenvalue weighted by Crippen LogP contribution is -2.27. The van der Waals surface area contributed by atoms with Crippen LogP contribution < -0.4 is 4.74 Å². The highest BCUT2D eigenvalue weighted by atomic mass is 19.1. The van der Waals surface area contributed by atoms with Crippen molar-refractivity contribution < 1.29 is 9.13 Å². The Hall–Kier alpha value is -2.64. The molecule has 0 fully saturated rings. The van der Waals surface area contributed by atoms with Crippen molar-refractivity contribution in [2.75, 3.05) is 26.2 Å². The number of nitrogens with zero attached hydrogens (tertiary/aromatic N) is 2. The number of allylic oxidation sites excluding steroid dienone is 2. The maximum Gasteiger partial charge on any atom is 0.123 e. The van der Waals surface area contributed by atoms with Gasteiger partial charge in [0.2, 0.25) is 0 Å². The molecule has 2 aromatic carbocycles. The molecule has 0 aliphatic heterocycles. The molecule has 27 heavy (non-hydrogen) atoms. The van der Waals surface area contributed by atoms with Crippen LogP contribution in [-0.2, 0) is 0 Å². The number of ether oxygens (including phenoxy) is 1. The molecule has 3 nitrogen and oxygen atoms in total. The highest BCUT2D eigenvalue weighted by Gasteiger charge is 2.11. The molecule has 0 unspecified atom stereocenters. The number of hydrogen-bond donors (Lipinski definition) is 0. The summed E-state index contributed by atoms with van der Waals surface area (Å²) in [5.41, 5.74) is 3.23. The van der Waals surface area contributed by atoms with E-state index in [2.05, 4.69) is 24.8 Å². The van der Waals surface area contributed by atoms with E-state index in [1.54, 1.807) is 12.1 Å². The van der Waals surface area contributed by atoms with Crippen LogP contribution in [0, 0.1) is 17.1 Å². The van der Waals surface area contributed by atoms with Gasteiger partial charge in [-0.2, -0.15) is 5.26 Å². The maximum atomic E-state index is 13.2. The van der Waals surface area contributed by atoms with Gasteiger partial charge in [-0.1, -0.05) is 45.0 Å². The molecular weight excluding hydrogens is 339 g/mol. The molecule has 142 valence electrons. The average molecular weight is 366 g/mol. The third-order valence-corrected chi connectivity index (χ3v) is 4.67. The van der Waals surface area contributed by atoms with E-state index >= 15 is 0 Å². The second-order valence-electron chi connectivity index (χ2n) is 6.23. The number of hydrogen-bond acceptors (Lipinski definition) is 3. The summed E-state index contributed by atoms with van der Waals surface area (Å²) >= 11 is 0. The molecule has 0 atom stereocenters. The Kier molecular flexibility index (Phi) is 8.03. The summed E-state index contributed by atoms with van der Waals surface area (Å²) in [7, 11) is 0. The van der Waals surface area contributed by atoms with Crippen LogP contribution in [0.1, 0.15) is 38.3 Å². The molecule has 0 saturated carbocycles. The Balaban J connectivity index is 2.17. The van der Waals surface area contributed by atoms with Crippen molar-refractivity contribution in [1.82, 2.24) is 4.90 Å². The van der Waals surface area contributed by atoms with Gasteiger partial charge in [-0.15, -0.1) is 0 Å². The van der Waals surface area contributed by atoms with Crippen LogP contribution in [-0.4, -0.2) is 31.1 Å². The van der Waals surface area contributed by atoms with Gasteiger partial charge in [-0.3, -0.25) is 0 Å². The van der Waals surface area contributed by atoms with E-state index < -0.39 is 0 Å². The first-order valence-electron chi connectivity index (χ1n) is 9.47. The Morgan fingerprint density at radius 2 is 1.56 bits per heavy atom. The molecule has 0 aromatic heterocycles. The van der Waals surface area contributed by atoms with Gasteiger partial charge in [0.25, 0.3) is 0 Å². The molecule has 2 rings (SSSR count). The number of likely N-dealkylation sites (N-methyl/N-ethyl adjacent to an activating group) is 1. The molecule has 0 saturated heterocycles. The van der Waals surface area contributed by atoms with Gasteiger partial charge < -0.3 is 9.64 Å². The Morgan fingerprint density at radius 1 is 0.963 bits per heavy atom. The summed E-state index contributed by atoms with van der Waals surface area (Å²) in [6.45, 7) is 9.89. The third-order valence-electron chi connectivity index (χ3n) is 4.67. The SMILES string of the molecule is CC/C(=C(/C#N)c1ccc(F)cc1)c1ccc(OCCN(CC)CC)cc1. The molecular formula is C23H27FN2O. The fraction of sp³-hybridized carbons (Fsp3) is 0.348. The van der Waals surface area contributed by atoms with Gasteiger partial charge in [0.05, 0.1) is 5.57 Å². The minimum atomic E-state index is -0.305. The first-order chi connectivity index (χ1) is 13.1. The normalized spacial score (nSPS) is 11.9. The van der Waals surface area contributed by atoms with E-state index in [1.165, 1.54) is 12.1 Å². The molecule has 2 aromatic rings. The maximum absolute atomic E-state index is 13.2. The van der Waals surface area contributed by atoms with E-state index in [1.807, 2.05) is 31.2 Å². The minimum absolute atomic E-state index is 0.305. The molecule has 0 heterocycles. The van der Waals surface area contributed by atoms with E-state index in [-0.39, 0.29) is 5.82 Å². The quantitative estimate of drug-likeness (QED) is 0.441. The highest BCUT2D eigenvalue weighted by molar-refractivity contribution is 5.97. The largest absolute Gasteiger partial charge is 0.492 e. The lowest BCUT2D eigenvalue weighted by molar-refractivity contribution is 0.223. The lowest BCUT2D eigenvalue weighted by Gasteiger charge is -2.18. The van der Waals surface area contributed by atoms with E-state index in [0.29, 0.717) is 18.6 Å². The summed E-state index contributed by atoms with van der Waals surface area (Å²) in [5.74, 6) is 0.516. The van der Waals surface area contributed by atoms with E-state index in [4.69, 9.17) is 4.74 Å². The summed E-state index contributed by atoms with van der Waals surface area (Å²) in [6, 6.07) is 16.2. The molecule has 0 aliphatic rings. The van der Waals surface area contributed by atoms with Crippen LogP contribution in [0.2, 0.25) is 0 Å². The summed E-state index contributed by atoms with van der Waals surface area (Å²) in [4.78, 5) is 2.31. The van der Waals surface area contributed by atoms with E-state index in [0.717, 1.165) is 42.1 Å². The fourth-order valence-electron chi connectivity index (χ4n) is 3.03. The Bertz CT molecular complexity index is 785. The number of nitriles is 1. The first-order valence-corrected chi connectivity index (χ1v) is 9.47. The van der Waals surface area contributed by atoms with Crippen molar-refractivity contribution in [1.29, 1.82) is 5.26 Å². The van der Waals surface area contributed by atoms with Crippen molar-refractivity contribution in [2.45, 2.75) is 27.2 Å². The topological polar surface area (TPSA) is 36.3 Å². The molecule has 4 heteroatoms. The molecule has 0 spiro atoms. The zero-order valence-electron chi connectivity index (χ0n) is 16.3. The van der Waals surface area contributed by atoms with Gasteiger partial charge >= 0.3 is 0 Å². The van der Waals surface area contributed by atoms with Crippen LogP contribution in [0.5, 0.6) is 5.75 Å². The minimum Gasteiger partial charge on any atom is -0.492 e. The summed E-state index contributed by atoms with van der Waals surface area (Å²) in [6.07, 6.45) is 0.711. The molecule has 0 aliphatic carbocycles. The zero-order chi connectivity index (χ0) is 19.6. The first kappa shape index (κ1) is 20.7. The van der Waals surface area contributed by atoms with Crippen LogP contribution in [0.4, 0.5) is 4.39 Å². The standard InChI is InChI=1S/C23H27FN2O/c1-4-22(23(17-25)19-7-11-20(24)12-8-19)18-9-13-21(14-10-18)27-16-15-26(5-2)6-3/h7-14H,4-6,15-16H2,1-3H3/b23-22+. The fourth-order valence-corrected chi connectivity index (χ4v) is 3.03. The third kappa shape index (κ3) is 5.67. The van der Waals surface area contributed by atoms with E-state index in [9.17, 15) is 9.65 Å². The average Bonchev–Trinajstić information content (AvgIpc) is 2.71. The number of rotatable bonds is 9. The van der Waals surface area contributed by atoms with Crippen LogP contribution in [0.15, 0.2) is 48.5 Å². The van der Waals surface area contributed by atoms with Crippen LogP contribution in [0.3, 0.4) is 0 Å². The van der Waals surface area contributed by atoms with Crippen molar-refractivity contribution in [3.8, 4) is 11.8 Å². The number of halogens is 1. The van der Waals surface area contributed by atoms with Crippen molar-refractivity contribution in [3.63, 3.8) is 0 Å². The van der Waals surface area contributed by atoms with Crippen molar-refractivity contribution in [2.24, 2.45) is 0 Å². The van der Waals surface area contributed by atoms with Crippen molar-refractivity contribution in [3.05, 3.63) is 65.5 Å². The molecule has 0 radical (unpaired) electrons. The predicted molar refractivity (Wildman–Crippen MR) is 109 cm³/mol. The predicted octanol–water partition coefficient (Wildman–Crippen LogP) is 5.39. The zero-order valence-corrected chi connectivity index (χ0v) is 16.3.